The lowest BCUT2D eigenvalue weighted by Gasteiger charge is -2.14. The highest BCUT2D eigenvalue weighted by molar-refractivity contribution is 6.31. The van der Waals surface area contributed by atoms with Crippen LogP contribution in [0.25, 0.3) is 6.08 Å². The molecule has 4 rings (SSSR count). The molecule has 1 saturated heterocycles. The minimum Gasteiger partial charge on any atom is -0.493 e. The Morgan fingerprint density at radius 1 is 0.824 bits per heavy atom. The topological polar surface area (TPSA) is 77.1 Å². The van der Waals surface area contributed by atoms with E-state index in [0.29, 0.717) is 49.0 Å². The van der Waals surface area contributed by atoms with Gasteiger partial charge in [0.25, 0.3) is 11.8 Å². The Morgan fingerprint density at radius 3 is 2.26 bits per heavy atom. The van der Waals surface area contributed by atoms with Crippen LogP contribution in [-0.2, 0) is 9.59 Å². The van der Waals surface area contributed by atoms with E-state index in [1.54, 1.807) is 48.5 Å². The molecule has 7 heteroatoms. The molecule has 0 radical (unpaired) electrons. The van der Waals surface area contributed by atoms with E-state index in [4.69, 9.17) is 14.2 Å². The van der Waals surface area contributed by atoms with Crippen molar-refractivity contribution in [3.63, 3.8) is 0 Å². The molecule has 0 saturated carbocycles. The van der Waals surface area contributed by atoms with Crippen LogP contribution >= 0.6 is 0 Å². The summed E-state index contributed by atoms with van der Waals surface area (Å²) in [5, 5.41) is 1.24. The highest BCUT2D eigenvalue weighted by Crippen LogP contribution is 2.30. The maximum Gasteiger partial charge on any atom is 0.282 e. The van der Waals surface area contributed by atoms with Gasteiger partial charge in [-0.15, -0.1) is 0 Å². The number of anilines is 1. The van der Waals surface area contributed by atoms with Gasteiger partial charge in [-0.1, -0.05) is 42.5 Å². The summed E-state index contributed by atoms with van der Waals surface area (Å²) in [7, 11) is 0. The van der Waals surface area contributed by atoms with E-state index in [9.17, 15) is 9.59 Å². The SMILES string of the molecule is CCOc1cc(/C=C2/C(=O)NN(c3ccccc3)C2=O)ccc1OCCCOc1ccccc1. The minimum atomic E-state index is -0.453. The lowest BCUT2D eigenvalue weighted by molar-refractivity contribution is -0.117. The van der Waals surface area contributed by atoms with E-state index < -0.39 is 11.8 Å². The van der Waals surface area contributed by atoms with Crippen LogP contribution in [0.5, 0.6) is 17.2 Å². The van der Waals surface area contributed by atoms with Crippen molar-refractivity contribution in [1.82, 2.24) is 5.43 Å². The van der Waals surface area contributed by atoms with Gasteiger partial charge in [0.15, 0.2) is 11.5 Å². The summed E-state index contributed by atoms with van der Waals surface area (Å²) in [6, 6.07) is 23.9. The van der Waals surface area contributed by atoms with Crippen molar-refractivity contribution in [1.29, 1.82) is 0 Å². The van der Waals surface area contributed by atoms with Gasteiger partial charge < -0.3 is 14.2 Å². The van der Waals surface area contributed by atoms with Gasteiger partial charge in [-0.05, 0) is 55.0 Å². The number of para-hydroxylation sites is 2. The largest absolute Gasteiger partial charge is 0.493 e. The van der Waals surface area contributed by atoms with Gasteiger partial charge in [-0.3, -0.25) is 15.0 Å². The van der Waals surface area contributed by atoms with E-state index in [1.807, 2.05) is 43.3 Å². The zero-order valence-corrected chi connectivity index (χ0v) is 18.9. The molecule has 0 aliphatic carbocycles. The quantitative estimate of drug-likeness (QED) is 0.277. The summed E-state index contributed by atoms with van der Waals surface area (Å²) in [4.78, 5) is 25.3. The van der Waals surface area contributed by atoms with Gasteiger partial charge >= 0.3 is 0 Å². The first-order valence-corrected chi connectivity index (χ1v) is 11.2. The Labute approximate surface area is 198 Å². The molecule has 0 bridgehead atoms. The summed E-state index contributed by atoms with van der Waals surface area (Å²) in [6.45, 7) is 3.33. The number of amides is 2. The van der Waals surface area contributed by atoms with E-state index in [2.05, 4.69) is 5.43 Å². The van der Waals surface area contributed by atoms with Crippen molar-refractivity contribution < 1.29 is 23.8 Å². The van der Waals surface area contributed by atoms with Crippen molar-refractivity contribution in [2.75, 3.05) is 24.8 Å². The highest BCUT2D eigenvalue weighted by atomic mass is 16.5. The minimum absolute atomic E-state index is 0.0537. The lowest BCUT2D eigenvalue weighted by Crippen LogP contribution is -2.35. The molecule has 0 unspecified atom stereocenters. The predicted molar refractivity (Wildman–Crippen MR) is 130 cm³/mol. The fraction of sp³-hybridized carbons (Fsp3) is 0.185. The fourth-order valence-electron chi connectivity index (χ4n) is 3.43. The Morgan fingerprint density at radius 2 is 1.53 bits per heavy atom. The number of benzene rings is 3. The monoisotopic (exact) mass is 458 g/mol. The first-order chi connectivity index (χ1) is 16.7. The van der Waals surface area contributed by atoms with Gasteiger partial charge in [0.2, 0.25) is 0 Å². The molecular weight excluding hydrogens is 432 g/mol. The Kier molecular flexibility index (Phi) is 7.45. The summed E-state index contributed by atoms with van der Waals surface area (Å²) in [5.74, 6) is 1.10. The average molecular weight is 459 g/mol. The average Bonchev–Trinajstić information content (AvgIpc) is 3.14. The molecule has 1 N–H and O–H groups in total. The maximum atomic E-state index is 12.8. The normalized spacial score (nSPS) is 14.3. The van der Waals surface area contributed by atoms with Crippen molar-refractivity contribution in [3.8, 4) is 17.2 Å². The van der Waals surface area contributed by atoms with Crippen LogP contribution in [0.4, 0.5) is 5.69 Å². The number of hydrogen-bond acceptors (Lipinski definition) is 5. The zero-order valence-electron chi connectivity index (χ0n) is 18.9. The first-order valence-electron chi connectivity index (χ1n) is 11.2. The van der Waals surface area contributed by atoms with E-state index in [-0.39, 0.29) is 5.57 Å². The maximum absolute atomic E-state index is 12.8. The van der Waals surface area contributed by atoms with Crippen LogP contribution in [0.2, 0.25) is 0 Å². The van der Waals surface area contributed by atoms with Crippen LogP contribution in [0.3, 0.4) is 0 Å². The lowest BCUT2D eigenvalue weighted by atomic mass is 10.1. The number of rotatable bonds is 10. The third-order valence-electron chi connectivity index (χ3n) is 5.04. The van der Waals surface area contributed by atoms with Gasteiger partial charge in [-0.25, -0.2) is 5.01 Å². The molecule has 0 atom stereocenters. The second-order valence-electron chi connectivity index (χ2n) is 7.48. The van der Waals surface area contributed by atoms with Gasteiger partial charge in [0.05, 0.1) is 25.5 Å². The fourth-order valence-corrected chi connectivity index (χ4v) is 3.43. The Balaban J connectivity index is 1.41. The van der Waals surface area contributed by atoms with E-state index >= 15 is 0 Å². The van der Waals surface area contributed by atoms with Gasteiger partial charge in [-0.2, -0.15) is 0 Å². The highest BCUT2D eigenvalue weighted by Gasteiger charge is 2.34. The number of hydrazine groups is 1. The first kappa shape index (κ1) is 22.9. The van der Waals surface area contributed by atoms with Crippen LogP contribution in [0.1, 0.15) is 18.9 Å². The second-order valence-corrected chi connectivity index (χ2v) is 7.48. The number of carbonyl (C=O) groups is 2. The van der Waals surface area contributed by atoms with Crippen molar-refractivity contribution in [2.24, 2.45) is 0 Å². The van der Waals surface area contributed by atoms with Crippen LogP contribution < -0.4 is 24.6 Å². The molecule has 2 amide bonds. The van der Waals surface area contributed by atoms with Crippen molar-refractivity contribution >= 4 is 23.6 Å². The standard InChI is InChI=1S/C27H26N2O5/c1-2-32-25-19-20(14-15-24(25)34-17-9-16-33-22-12-7-4-8-13-22)18-23-26(30)28-29(27(23)31)21-10-5-3-6-11-21/h3-8,10-15,18-19H,2,9,16-17H2,1H3,(H,28,30)/b23-18-. The Hall–Kier alpha value is -4.26. The molecular formula is C27H26N2O5. The number of nitrogens with zero attached hydrogens (tertiary/aromatic N) is 1. The van der Waals surface area contributed by atoms with E-state index in [0.717, 1.165) is 5.75 Å². The summed E-state index contributed by atoms with van der Waals surface area (Å²) in [5.41, 5.74) is 3.92. The molecule has 3 aromatic rings. The molecule has 34 heavy (non-hydrogen) atoms. The van der Waals surface area contributed by atoms with Crippen LogP contribution in [-0.4, -0.2) is 31.6 Å². The molecule has 1 aliphatic heterocycles. The van der Waals surface area contributed by atoms with Crippen LogP contribution in [0.15, 0.2) is 84.4 Å². The Bertz CT molecular complexity index is 1160. The molecule has 7 nitrogen and oxygen atoms in total. The number of hydrogen-bond donors (Lipinski definition) is 1. The molecule has 1 aliphatic rings. The van der Waals surface area contributed by atoms with Crippen molar-refractivity contribution in [2.45, 2.75) is 13.3 Å². The van der Waals surface area contributed by atoms with Gasteiger partial charge in [0.1, 0.15) is 11.3 Å². The predicted octanol–water partition coefficient (Wildman–Crippen LogP) is 4.39. The summed E-state index contributed by atoms with van der Waals surface area (Å²) in [6.07, 6.45) is 2.26. The number of ether oxygens (including phenoxy) is 3. The second kappa shape index (κ2) is 11.0. The van der Waals surface area contributed by atoms with Gasteiger partial charge in [0, 0.05) is 6.42 Å². The molecule has 174 valence electrons. The molecule has 1 fully saturated rings. The van der Waals surface area contributed by atoms with Crippen molar-refractivity contribution in [3.05, 3.63) is 90.0 Å². The zero-order chi connectivity index (χ0) is 23.8. The molecule has 1 heterocycles. The molecule has 0 spiro atoms. The van der Waals surface area contributed by atoms with E-state index in [1.165, 1.54) is 5.01 Å². The smallest absolute Gasteiger partial charge is 0.282 e. The number of carbonyl (C=O) groups excluding carboxylic acids is 2. The molecule has 0 aromatic heterocycles. The van der Waals surface area contributed by atoms with Crippen LogP contribution in [0, 0.1) is 0 Å². The summed E-state index contributed by atoms with van der Waals surface area (Å²) >= 11 is 0. The molecule has 3 aromatic carbocycles. The summed E-state index contributed by atoms with van der Waals surface area (Å²) < 4.78 is 17.3. The third-order valence-corrected chi connectivity index (χ3v) is 5.04. The number of nitrogens with one attached hydrogen (secondary N) is 1. The third kappa shape index (κ3) is 5.56.